The fraction of sp³-hybridized carbons (Fsp3) is 0.143. The van der Waals surface area contributed by atoms with E-state index in [1.807, 2.05) is 0 Å². The van der Waals surface area contributed by atoms with Gasteiger partial charge in [-0.05, 0) is 42.5 Å². The topological polar surface area (TPSA) is 146 Å². The van der Waals surface area contributed by atoms with Gasteiger partial charge in [-0.15, -0.1) is 0 Å². The van der Waals surface area contributed by atoms with Crippen molar-refractivity contribution < 1.29 is 37.4 Å². The van der Waals surface area contributed by atoms with Crippen LogP contribution in [0.2, 0.25) is 0 Å². The Morgan fingerprint density at radius 3 is 2.53 bits per heavy atom. The molecule has 3 aromatic rings. The minimum atomic E-state index is -4.48. The van der Waals surface area contributed by atoms with E-state index in [2.05, 4.69) is 25.3 Å². The molecule has 0 radical (unpaired) electrons. The third-order valence-corrected chi connectivity index (χ3v) is 4.66. The Labute approximate surface area is 187 Å². The molecule has 34 heavy (non-hydrogen) atoms. The maximum atomic E-state index is 12.6. The van der Waals surface area contributed by atoms with Crippen LogP contribution in [0.5, 0.6) is 0 Å². The number of nitrogens with one attached hydrogen (secondary N) is 2. The first kappa shape index (κ1) is 22.6. The van der Waals surface area contributed by atoms with Gasteiger partial charge in [-0.2, -0.15) is 13.2 Å². The monoisotopic (exact) mass is 473 g/mol. The number of carboxylic acid groups (broad SMARTS) is 1. The number of anilines is 1. The van der Waals surface area contributed by atoms with E-state index in [0.717, 1.165) is 24.3 Å². The fourth-order valence-electron chi connectivity index (χ4n) is 3.02. The molecule has 1 aliphatic rings. The number of aliphatic carboxylic acids is 1. The number of carbonyl (C=O) groups excluding carboxylic acids is 2. The molecule has 0 bridgehead atoms. The highest BCUT2D eigenvalue weighted by molar-refractivity contribution is 6.02. The highest BCUT2D eigenvalue weighted by Gasteiger charge is 2.30. The van der Waals surface area contributed by atoms with Crippen molar-refractivity contribution in [1.82, 2.24) is 9.97 Å². The number of halogens is 3. The van der Waals surface area contributed by atoms with E-state index in [9.17, 15) is 27.6 Å². The molecule has 1 unspecified atom stereocenters. The third-order valence-electron chi connectivity index (χ3n) is 4.66. The molecule has 174 valence electrons. The number of benzene rings is 2. The van der Waals surface area contributed by atoms with Gasteiger partial charge in [0.2, 0.25) is 6.04 Å². The van der Waals surface area contributed by atoms with Crippen LogP contribution >= 0.6 is 0 Å². The summed E-state index contributed by atoms with van der Waals surface area (Å²) in [5, 5.41) is 11.9. The van der Waals surface area contributed by atoms with Crippen molar-refractivity contribution in [3.8, 4) is 11.4 Å². The summed E-state index contributed by atoms with van der Waals surface area (Å²) in [5.41, 5.74) is 0.224. The van der Waals surface area contributed by atoms with E-state index in [1.165, 1.54) is 18.3 Å². The lowest BCUT2D eigenvalue weighted by Crippen LogP contribution is -2.40. The van der Waals surface area contributed by atoms with Gasteiger partial charge in [-0.1, -0.05) is 0 Å². The van der Waals surface area contributed by atoms with Gasteiger partial charge >= 0.3 is 18.2 Å². The number of imidazole rings is 1. The summed E-state index contributed by atoms with van der Waals surface area (Å²) in [7, 11) is 0. The largest absolute Gasteiger partial charge is 0.479 e. The van der Waals surface area contributed by atoms with Crippen LogP contribution < -0.4 is 16.0 Å². The van der Waals surface area contributed by atoms with E-state index >= 15 is 0 Å². The average Bonchev–Trinajstić information content (AvgIpc) is 3.26. The number of aromatic amines is 1. The molecule has 3 N–H and O–H groups in total. The fourth-order valence-corrected chi connectivity index (χ4v) is 3.02. The Morgan fingerprint density at radius 1 is 1.12 bits per heavy atom. The van der Waals surface area contributed by atoms with Crippen LogP contribution in [-0.4, -0.2) is 39.1 Å². The summed E-state index contributed by atoms with van der Waals surface area (Å²) < 4.78 is 42.8. The van der Waals surface area contributed by atoms with Gasteiger partial charge in [0, 0.05) is 11.3 Å². The normalized spacial score (nSPS) is 15.0. The maximum Gasteiger partial charge on any atom is 0.416 e. The van der Waals surface area contributed by atoms with Gasteiger partial charge in [0.1, 0.15) is 12.4 Å². The number of aromatic nitrogens is 2. The first-order valence-corrected chi connectivity index (χ1v) is 9.59. The summed E-state index contributed by atoms with van der Waals surface area (Å²) in [6.45, 7) is -0.209. The molecule has 0 aliphatic carbocycles. The van der Waals surface area contributed by atoms with Crippen molar-refractivity contribution in [2.45, 2.75) is 18.8 Å². The van der Waals surface area contributed by atoms with E-state index in [-0.39, 0.29) is 23.0 Å². The number of fused-ring (bicyclic) bond motifs is 1. The van der Waals surface area contributed by atoms with E-state index in [4.69, 9.17) is 9.84 Å². The molecular weight excluding hydrogens is 459 g/mol. The number of alkyl halides is 3. The third kappa shape index (κ3) is 4.92. The summed E-state index contributed by atoms with van der Waals surface area (Å²) in [6, 6.07) is 6.90. The maximum absolute atomic E-state index is 12.6. The zero-order chi connectivity index (χ0) is 24.5. The molecule has 0 fully saturated rings. The van der Waals surface area contributed by atoms with Crippen molar-refractivity contribution in [1.29, 1.82) is 0 Å². The molecule has 2 heterocycles. The predicted molar refractivity (Wildman–Crippen MR) is 108 cm³/mol. The highest BCUT2D eigenvalue weighted by atomic mass is 19.4. The van der Waals surface area contributed by atoms with Crippen molar-refractivity contribution in [3.05, 3.63) is 70.6 Å². The number of carbonyl (C=O) groups is 3. The second-order valence-electron chi connectivity index (χ2n) is 7.06. The predicted octanol–water partition coefficient (Wildman–Crippen LogP) is 2.08. The smallest absolute Gasteiger partial charge is 0.416 e. The SMILES string of the molecule is O=C(Nc1ccc(C(F)(F)F)cc1)OCc1cnc(-c2ccc3c(c2)=NC(C(=O)O)C(=O)N=3)[nH]1. The van der Waals surface area contributed by atoms with Crippen molar-refractivity contribution in [3.63, 3.8) is 0 Å². The van der Waals surface area contributed by atoms with Crippen LogP contribution in [-0.2, 0) is 27.1 Å². The van der Waals surface area contributed by atoms with Gasteiger partial charge in [0.05, 0.1) is 28.2 Å². The molecule has 0 saturated heterocycles. The van der Waals surface area contributed by atoms with Crippen LogP contribution in [0.1, 0.15) is 11.3 Å². The van der Waals surface area contributed by atoms with Gasteiger partial charge in [0.25, 0.3) is 5.91 Å². The molecule has 1 aromatic heterocycles. The molecule has 0 spiro atoms. The Hall–Kier alpha value is -4.55. The lowest BCUT2D eigenvalue weighted by atomic mass is 10.1. The standard InChI is InChI=1S/C21H14F3N5O5/c22-21(23,24)11-2-4-12(5-3-11)27-20(33)34-9-13-8-25-17(26-13)10-1-6-14-15(7-10)28-16(19(31)32)18(30)29-14/h1-8,16H,9H2,(H,25,26)(H,27,33)(H,31,32). The zero-order valence-electron chi connectivity index (χ0n) is 17.0. The first-order valence-electron chi connectivity index (χ1n) is 9.59. The van der Waals surface area contributed by atoms with E-state index in [0.29, 0.717) is 17.1 Å². The Balaban J connectivity index is 1.41. The molecule has 4 rings (SSSR count). The van der Waals surface area contributed by atoms with E-state index in [1.54, 1.807) is 6.07 Å². The summed E-state index contributed by atoms with van der Waals surface area (Å²) in [5.74, 6) is -1.90. The lowest BCUT2D eigenvalue weighted by Gasteiger charge is -2.09. The van der Waals surface area contributed by atoms with Gasteiger partial charge in [0.15, 0.2) is 0 Å². The van der Waals surface area contributed by atoms with E-state index < -0.39 is 35.8 Å². The number of carboxylic acids is 1. The molecule has 2 amide bonds. The zero-order valence-corrected chi connectivity index (χ0v) is 17.0. The number of rotatable bonds is 5. The van der Waals surface area contributed by atoms with Crippen molar-refractivity contribution in [2.24, 2.45) is 9.98 Å². The number of hydrogen-bond donors (Lipinski definition) is 3. The number of amides is 2. The van der Waals surface area contributed by atoms with Crippen molar-refractivity contribution in [2.75, 3.05) is 5.32 Å². The Bertz CT molecular complexity index is 1400. The van der Waals surface area contributed by atoms with Crippen LogP contribution in [0, 0.1) is 0 Å². The molecule has 10 nitrogen and oxygen atoms in total. The molecule has 1 aliphatic heterocycles. The van der Waals surface area contributed by atoms with Crippen LogP contribution in [0.25, 0.3) is 11.4 Å². The number of ether oxygens (including phenoxy) is 1. The quantitative estimate of drug-likeness (QED) is 0.484. The van der Waals surface area contributed by atoms with Crippen LogP contribution in [0.3, 0.4) is 0 Å². The Morgan fingerprint density at radius 2 is 1.85 bits per heavy atom. The van der Waals surface area contributed by atoms with Gasteiger partial charge in [-0.3, -0.25) is 15.1 Å². The molecule has 0 saturated carbocycles. The number of H-pyrrole nitrogens is 1. The Kier molecular flexibility index (Phi) is 5.84. The number of hydrogen-bond acceptors (Lipinski definition) is 6. The summed E-state index contributed by atoms with van der Waals surface area (Å²) >= 11 is 0. The molecular formula is C21H14F3N5O5. The summed E-state index contributed by atoms with van der Waals surface area (Å²) in [6.07, 6.45) is -3.95. The minimum absolute atomic E-state index is 0.129. The highest BCUT2D eigenvalue weighted by Crippen LogP contribution is 2.29. The molecule has 13 heteroatoms. The second kappa shape index (κ2) is 8.77. The first-order chi connectivity index (χ1) is 16.1. The number of nitrogens with zero attached hydrogens (tertiary/aromatic N) is 3. The average molecular weight is 473 g/mol. The lowest BCUT2D eigenvalue weighted by molar-refractivity contribution is -0.142. The second-order valence-corrected chi connectivity index (χ2v) is 7.06. The van der Waals surface area contributed by atoms with Crippen molar-refractivity contribution >= 4 is 23.7 Å². The minimum Gasteiger partial charge on any atom is -0.479 e. The molecule has 2 aromatic carbocycles. The summed E-state index contributed by atoms with van der Waals surface area (Å²) in [4.78, 5) is 49.5. The van der Waals surface area contributed by atoms with Gasteiger partial charge < -0.3 is 14.8 Å². The molecule has 1 atom stereocenters. The van der Waals surface area contributed by atoms with Gasteiger partial charge in [-0.25, -0.2) is 19.6 Å². The van der Waals surface area contributed by atoms with Crippen LogP contribution in [0.4, 0.5) is 23.7 Å². The van der Waals surface area contributed by atoms with Crippen LogP contribution in [0.15, 0.2) is 58.6 Å².